The number of nitrogens with zero attached hydrogens (tertiary/aromatic N) is 1. The molecule has 2 N–H and O–H groups in total. The number of nitrogen functional groups attached to an aromatic ring is 1. The molecule has 0 aliphatic rings. The molecule has 0 radical (unpaired) electrons. The molecule has 0 heterocycles. The van der Waals surface area contributed by atoms with Crippen molar-refractivity contribution in [3.05, 3.63) is 59.2 Å². The van der Waals surface area contributed by atoms with Crippen LogP contribution in [0.5, 0.6) is 5.75 Å². The Bertz CT molecular complexity index is 636. The second-order valence-electron chi connectivity index (χ2n) is 5.10. The molecule has 110 valence electrons. The Kier molecular flexibility index (Phi) is 4.48. The number of hydrogen-bond acceptors (Lipinski definition) is 3. The largest absolute Gasteiger partial charge is 0.497 e. The summed E-state index contributed by atoms with van der Waals surface area (Å²) < 4.78 is 5.12. The van der Waals surface area contributed by atoms with Gasteiger partial charge in [0.05, 0.1) is 12.7 Å². The Labute approximate surface area is 125 Å². The number of carbonyl (C=O) groups excluding carboxylic acids is 1. The van der Waals surface area contributed by atoms with Crippen molar-refractivity contribution in [1.82, 2.24) is 4.90 Å². The second kappa shape index (κ2) is 6.31. The maximum absolute atomic E-state index is 12.4. The van der Waals surface area contributed by atoms with E-state index in [9.17, 15) is 4.79 Å². The van der Waals surface area contributed by atoms with Crippen LogP contribution in [0, 0.1) is 6.92 Å². The van der Waals surface area contributed by atoms with Crippen molar-refractivity contribution in [2.45, 2.75) is 13.5 Å². The van der Waals surface area contributed by atoms with Crippen molar-refractivity contribution >= 4 is 11.6 Å². The van der Waals surface area contributed by atoms with Gasteiger partial charge in [-0.3, -0.25) is 4.79 Å². The van der Waals surface area contributed by atoms with Gasteiger partial charge in [-0.2, -0.15) is 0 Å². The quantitative estimate of drug-likeness (QED) is 0.878. The zero-order valence-electron chi connectivity index (χ0n) is 12.6. The summed E-state index contributed by atoms with van der Waals surface area (Å²) in [5.74, 6) is 0.721. The third-order valence-electron chi connectivity index (χ3n) is 3.36. The maximum Gasteiger partial charge on any atom is 0.255 e. The third kappa shape index (κ3) is 3.54. The van der Waals surface area contributed by atoms with Gasteiger partial charge in [-0.25, -0.2) is 0 Å². The average Bonchev–Trinajstić information content (AvgIpc) is 2.47. The molecule has 0 aliphatic carbocycles. The summed E-state index contributed by atoms with van der Waals surface area (Å²) >= 11 is 0. The van der Waals surface area contributed by atoms with Crippen LogP contribution in [0.25, 0.3) is 0 Å². The maximum atomic E-state index is 12.4. The lowest BCUT2D eigenvalue weighted by atomic mass is 10.1. The number of benzene rings is 2. The van der Waals surface area contributed by atoms with Crippen LogP contribution in [-0.2, 0) is 6.54 Å². The van der Waals surface area contributed by atoms with Crippen LogP contribution in [0.4, 0.5) is 5.69 Å². The van der Waals surface area contributed by atoms with Crippen LogP contribution in [0.3, 0.4) is 0 Å². The molecule has 4 nitrogen and oxygen atoms in total. The molecular formula is C17H20N2O2. The number of carbonyl (C=O) groups is 1. The molecular weight excluding hydrogens is 264 g/mol. The molecule has 2 rings (SSSR count). The Morgan fingerprint density at radius 1 is 1.19 bits per heavy atom. The fraction of sp³-hybridized carbons (Fsp3) is 0.235. The first-order chi connectivity index (χ1) is 10.0. The van der Waals surface area contributed by atoms with Crippen LogP contribution in [0.1, 0.15) is 21.5 Å². The third-order valence-corrected chi connectivity index (χ3v) is 3.36. The smallest absolute Gasteiger partial charge is 0.255 e. The summed E-state index contributed by atoms with van der Waals surface area (Å²) in [7, 11) is 3.40. The standard InChI is InChI=1S/C17H20N2O2/c1-12-4-9-15(16(18)10-12)17(20)19(2)11-13-5-7-14(21-3)8-6-13/h4-10H,11,18H2,1-3H3. The predicted molar refractivity (Wildman–Crippen MR) is 84.4 cm³/mol. The average molecular weight is 284 g/mol. The molecule has 0 atom stereocenters. The Balaban J connectivity index is 2.11. The van der Waals surface area contributed by atoms with Crippen LogP contribution >= 0.6 is 0 Å². The summed E-state index contributed by atoms with van der Waals surface area (Å²) in [6.07, 6.45) is 0. The molecule has 4 heteroatoms. The number of nitrogens with two attached hydrogens (primary N) is 1. The van der Waals surface area contributed by atoms with E-state index < -0.39 is 0 Å². The topological polar surface area (TPSA) is 55.6 Å². The summed E-state index contributed by atoms with van der Waals surface area (Å²) in [5.41, 5.74) is 9.06. The van der Waals surface area contributed by atoms with E-state index >= 15 is 0 Å². The van der Waals surface area contributed by atoms with Gasteiger partial charge in [0.1, 0.15) is 5.75 Å². The van der Waals surface area contributed by atoms with Gasteiger partial charge in [-0.15, -0.1) is 0 Å². The Morgan fingerprint density at radius 3 is 2.43 bits per heavy atom. The molecule has 0 saturated carbocycles. The van der Waals surface area contributed by atoms with Crippen molar-refractivity contribution in [3.63, 3.8) is 0 Å². The van der Waals surface area contributed by atoms with Crippen LogP contribution in [-0.4, -0.2) is 25.0 Å². The molecule has 1 amide bonds. The van der Waals surface area contributed by atoms with E-state index in [1.54, 1.807) is 25.1 Å². The van der Waals surface area contributed by atoms with E-state index in [2.05, 4.69) is 0 Å². The van der Waals surface area contributed by atoms with Gasteiger partial charge in [0.2, 0.25) is 0 Å². The molecule has 2 aromatic rings. The SMILES string of the molecule is COc1ccc(CN(C)C(=O)c2ccc(C)cc2N)cc1. The molecule has 2 aromatic carbocycles. The number of methoxy groups -OCH3 is 1. The van der Waals surface area contributed by atoms with E-state index in [1.807, 2.05) is 43.3 Å². The van der Waals surface area contributed by atoms with E-state index in [4.69, 9.17) is 10.5 Å². The highest BCUT2D eigenvalue weighted by Gasteiger charge is 2.14. The van der Waals surface area contributed by atoms with E-state index in [0.717, 1.165) is 16.9 Å². The fourth-order valence-electron chi connectivity index (χ4n) is 2.16. The first-order valence-electron chi connectivity index (χ1n) is 6.76. The van der Waals surface area contributed by atoms with E-state index in [0.29, 0.717) is 17.8 Å². The summed E-state index contributed by atoms with van der Waals surface area (Å²) in [5, 5.41) is 0. The van der Waals surface area contributed by atoms with Gasteiger partial charge in [0, 0.05) is 19.3 Å². The van der Waals surface area contributed by atoms with Crippen molar-refractivity contribution < 1.29 is 9.53 Å². The second-order valence-corrected chi connectivity index (χ2v) is 5.10. The fourth-order valence-corrected chi connectivity index (χ4v) is 2.16. The number of anilines is 1. The van der Waals surface area contributed by atoms with Gasteiger partial charge >= 0.3 is 0 Å². The zero-order chi connectivity index (χ0) is 15.4. The molecule has 0 bridgehead atoms. The highest BCUT2D eigenvalue weighted by Crippen LogP contribution is 2.18. The van der Waals surface area contributed by atoms with Gasteiger partial charge in [0.25, 0.3) is 5.91 Å². The predicted octanol–water partition coefficient (Wildman–Crippen LogP) is 2.86. The molecule has 0 saturated heterocycles. The molecule has 0 unspecified atom stereocenters. The number of aryl methyl sites for hydroxylation is 1. The van der Waals surface area contributed by atoms with Crippen molar-refractivity contribution in [2.75, 3.05) is 19.9 Å². The van der Waals surface area contributed by atoms with E-state index in [-0.39, 0.29) is 5.91 Å². The number of rotatable bonds is 4. The number of amides is 1. The zero-order valence-corrected chi connectivity index (χ0v) is 12.6. The number of hydrogen-bond donors (Lipinski definition) is 1. The first-order valence-corrected chi connectivity index (χ1v) is 6.76. The summed E-state index contributed by atoms with van der Waals surface area (Å²) in [4.78, 5) is 14.1. The lowest BCUT2D eigenvalue weighted by molar-refractivity contribution is 0.0786. The lowest BCUT2D eigenvalue weighted by Crippen LogP contribution is -2.27. The lowest BCUT2D eigenvalue weighted by Gasteiger charge is -2.18. The van der Waals surface area contributed by atoms with Gasteiger partial charge in [-0.1, -0.05) is 18.2 Å². The minimum absolute atomic E-state index is 0.0803. The normalized spacial score (nSPS) is 10.2. The van der Waals surface area contributed by atoms with Crippen LogP contribution in [0.15, 0.2) is 42.5 Å². The van der Waals surface area contributed by atoms with Crippen LogP contribution < -0.4 is 10.5 Å². The summed E-state index contributed by atoms with van der Waals surface area (Å²) in [6, 6.07) is 13.1. The number of ether oxygens (including phenoxy) is 1. The van der Waals surface area contributed by atoms with Gasteiger partial charge in [0.15, 0.2) is 0 Å². The van der Waals surface area contributed by atoms with Crippen molar-refractivity contribution in [2.24, 2.45) is 0 Å². The Morgan fingerprint density at radius 2 is 1.86 bits per heavy atom. The van der Waals surface area contributed by atoms with Crippen molar-refractivity contribution in [1.29, 1.82) is 0 Å². The molecule has 0 aliphatic heterocycles. The highest BCUT2D eigenvalue weighted by atomic mass is 16.5. The molecule has 0 aromatic heterocycles. The Hall–Kier alpha value is -2.49. The van der Waals surface area contributed by atoms with Gasteiger partial charge < -0.3 is 15.4 Å². The molecule has 0 spiro atoms. The minimum atomic E-state index is -0.0803. The monoisotopic (exact) mass is 284 g/mol. The van der Waals surface area contributed by atoms with E-state index in [1.165, 1.54) is 0 Å². The molecule has 0 fully saturated rings. The van der Waals surface area contributed by atoms with Gasteiger partial charge in [-0.05, 0) is 42.3 Å². The molecule has 21 heavy (non-hydrogen) atoms. The van der Waals surface area contributed by atoms with Crippen molar-refractivity contribution in [3.8, 4) is 5.75 Å². The minimum Gasteiger partial charge on any atom is -0.497 e. The highest BCUT2D eigenvalue weighted by molar-refractivity contribution is 5.99. The first kappa shape index (κ1) is 14.9. The van der Waals surface area contributed by atoms with Crippen LogP contribution in [0.2, 0.25) is 0 Å². The summed E-state index contributed by atoms with van der Waals surface area (Å²) in [6.45, 7) is 2.47.